The molecule has 3 amide bonds. The molecule has 1 saturated carbocycles. The highest BCUT2D eigenvalue weighted by Crippen LogP contribution is 2.27. The second-order valence-electron chi connectivity index (χ2n) is 8.32. The van der Waals surface area contributed by atoms with Gasteiger partial charge in [0.15, 0.2) is 0 Å². The van der Waals surface area contributed by atoms with Crippen LogP contribution in [0.4, 0.5) is 9.93 Å². The van der Waals surface area contributed by atoms with Crippen molar-refractivity contribution in [3.8, 4) is 10.6 Å². The zero-order valence-corrected chi connectivity index (χ0v) is 19.5. The van der Waals surface area contributed by atoms with Crippen molar-refractivity contribution in [3.63, 3.8) is 0 Å². The number of aryl methyl sites for hydroxylation is 1. The summed E-state index contributed by atoms with van der Waals surface area (Å²) in [6.45, 7) is 6.49. The third kappa shape index (κ3) is 6.75. The number of benzene rings is 1. The van der Waals surface area contributed by atoms with Crippen LogP contribution >= 0.6 is 11.3 Å². The van der Waals surface area contributed by atoms with Gasteiger partial charge >= 0.3 is 6.03 Å². The largest absolute Gasteiger partial charge is 0.335 e. The number of nitrogens with one attached hydrogen (secondary N) is 2. The third-order valence-corrected chi connectivity index (χ3v) is 6.72. The molecule has 0 saturated heterocycles. The van der Waals surface area contributed by atoms with Crippen molar-refractivity contribution in [1.82, 2.24) is 20.4 Å². The molecule has 1 heterocycles. The lowest BCUT2D eigenvalue weighted by atomic mass is 9.96. The van der Waals surface area contributed by atoms with Gasteiger partial charge < -0.3 is 15.5 Å². The first-order valence-electron chi connectivity index (χ1n) is 11.2. The number of aromatic nitrogens is 2. The molecule has 2 aromatic rings. The van der Waals surface area contributed by atoms with E-state index in [-0.39, 0.29) is 30.4 Å². The van der Waals surface area contributed by atoms with Crippen LogP contribution in [0.25, 0.3) is 10.6 Å². The van der Waals surface area contributed by atoms with Crippen molar-refractivity contribution in [2.24, 2.45) is 0 Å². The Kier molecular flexibility index (Phi) is 8.40. The van der Waals surface area contributed by atoms with Gasteiger partial charge in [-0.05, 0) is 39.2 Å². The first kappa shape index (κ1) is 23.2. The Hall–Kier alpha value is -2.48. The van der Waals surface area contributed by atoms with Crippen LogP contribution in [0.2, 0.25) is 0 Å². The average molecular weight is 444 g/mol. The number of nitrogens with zero attached hydrogens (tertiary/aromatic N) is 3. The standard InChI is InChI=1S/C23H33N5O2S/c1-4-17(3)28(23(30)24-19-11-6-5-7-12-19)14-13-20(29)25-22-27-26-21(31-22)18-10-8-9-16(2)15-18/h8-10,15,17,19H,4-7,11-14H2,1-3H3,(H,24,30)(H,25,27,29). The van der Waals surface area contributed by atoms with Crippen molar-refractivity contribution in [1.29, 1.82) is 0 Å². The number of anilines is 1. The van der Waals surface area contributed by atoms with Crippen molar-refractivity contribution in [2.75, 3.05) is 11.9 Å². The van der Waals surface area contributed by atoms with E-state index < -0.39 is 0 Å². The molecule has 3 rings (SSSR count). The molecule has 1 atom stereocenters. The molecule has 7 nitrogen and oxygen atoms in total. The average Bonchev–Trinajstić information content (AvgIpc) is 3.22. The van der Waals surface area contributed by atoms with E-state index in [9.17, 15) is 9.59 Å². The number of rotatable bonds is 8. The molecule has 8 heteroatoms. The zero-order valence-electron chi connectivity index (χ0n) is 18.7. The molecule has 0 aliphatic heterocycles. The molecule has 1 aromatic carbocycles. The van der Waals surface area contributed by atoms with E-state index in [0.717, 1.165) is 35.4 Å². The number of hydrogen-bond donors (Lipinski definition) is 2. The van der Waals surface area contributed by atoms with Crippen molar-refractivity contribution in [3.05, 3.63) is 29.8 Å². The molecule has 1 unspecified atom stereocenters. The summed E-state index contributed by atoms with van der Waals surface area (Å²) in [7, 11) is 0. The number of carbonyl (C=O) groups is 2. The van der Waals surface area contributed by atoms with Gasteiger partial charge in [0.05, 0.1) is 0 Å². The van der Waals surface area contributed by atoms with Gasteiger partial charge in [-0.3, -0.25) is 4.79 Å². The fourth-order valence-electron chi connectivity index (χ4n) is 3.82. The summed E-state index contributed by atoms with van der Waals surface area (Å²) in [6, 6.07) is 8.29. The molecular formula is C23H33N5O2S. The Bertz CT molecular complexity index is 878. The lowest BCUT2D eigenvalue weighted by molar-refractivity contribution is -0.116. The lowest BCUT2D eigenvalue weighted by Gasteiger charge is -2.32. The Morgan fingerprint density at radius 3 is 2.71 bits per heavy atom. The molecule has 1 fully saturated rings. The lowest BCUT2D eigenvalue weighted by Crippen LogP contribution is -2.49. The van der Waals surface area contributed by atoms with Gasteiger partial charge in [0.2, 0.25) is 11.0 Å². The van der Waals surface area contributed by atoms with Crippen LogP contribution in [0.1, 0.15) is 64.4 Å². The second kappa shape index (κ2) is 11.2. The smallest absolute Gasteiger partial charge is 0.317 e. The van der Waals surface area contributed by atoms with Crippen LogP contribution in [0.5, 0.6) is 0 Å². The summed E-state index contributed by atoms with van der Waals surface area (Å²) in [5.74, 6) is -0.161. The minimum Gasteiger partial charge on any atom is -0.335 e. The van der Waals surface area contributed by atoms with E-state index >= 15 is 0 Å². The Labute approximate surface area is 188 Å². The third-order valence-electron chi connectivity index (χ3n) is 5.83. The van der Waals surface area contributed by atoms with Gasteiger partial charge in [0.1, 0.15) is 5.01 Å². The first-order chi connectivity index (χ1) is 15.0. The SMILES string of the molecule is CCC(C)N(CCC(=O)Nc1nnc(-c2cccc(C)c2)s1)C(=O)NC1CCCCC1. The minimum atomic E-state index is -0.161. The molecular weight excluding hydrogens is 410 g/mol. The summed E-state index contributed by atoms with van der Waals surface area (Å²) < 4.78 is 0. The Morgan fingerprint density at radius 2 is 2.00 bits per heavy atom. The number of urea groups is 1. The highest BCUT2D eigenvalue weighted by Gasteiger charge is 2.23. The number of hydrogen-bond acceptors (Lipinski definition) is 5. The van der Waals surface area contributed by atoms with E-state index in [4.69, 9.17) is 0 Å². The molecule has 168 valence electrons. The summed E-state index contributed by atoms with van der Waals surface area (Å²) >= 11 is 1.35. The van der Waals surface area contributed by atoms with E-state index in [1.54, 1.807) is 4.90 Å². The van der Waals surface area contributed by atoms with Gasteiger partial charge in [-0.25, -0.2) is 4.79 Å². The molecule has 0 spiro atoms. The van der Waals surface area contributed by atoms with Crippen LogP contribution in [0.15, 0.2) is 24.3 Å². The van der Waals surface area contributed by atoms with Crippen LogP contribution in [-0.2, 0) is 4.79 Å². The van der Waals surface area contributed by atoms with E-state index in [1.165, 1.54) is 30.6 Å². The van der Waals surface area contributed by atoms with Crippen molar-refractivity contribution >= 4 is 28.4 Å². The van der Waals surface area contributed by atoms with Crippen LogP contribution < -0.4 is 10.6 Å². The Balaban J connectivity index is 1.54. The van der Waals surface area contributed by atoms with Gasteiger partial charge in [0, 0.05) is 30.6 Å². The quantitative estimate of drug-likeness (QED) is 0.602. The summed E-state index contributed by atoms with van der Waals surface area (Å²) in [6.07, 6.45) is 6.74. The van der Waals surface area contributed by atoms with E-state index in [1.807, 2.05) is 38.1 Å². The maximum atomic E-state index is 12.8. The predicted octanol–water partition coefficient (Wildman–Crippen LogP) is 4.98. The van der Waals surface area contributed by atoms with Gasteiger partial charge in [0.25, 0.3) is 0 Å². The molecule has 1 aliphatic carbocycles. The van der Waals surface area contributed by atoms with Crippen molar-refractivity contribution < 1.29 is 9.59 Å². The van der Waals surface area contributed by atoms with Crippen molar-refractivity contribution in [2.45, 2.75) is 77.8 Å². The normalized spacial score (nSPS) is 15.3. The van der Waals surface area contributed by atoms with Crippen LogP contribution in [-0.4, -0.2) is 45.7 Å². The molecule has 2 N–H and O–H groups in total. The Morgan fingerprint density at radius 1 is 1.23 bits per heavy atom. The maximum absolute atomic E-state index is 12.8. The van der Waals surface area contributed by atoms with Gasteiger partial charge in [-0.15, -0.1) is 10.2 Å². The summed E-state index contributed by atoms with van der Waals surface area (Å²) in [5, 5.41) is 15.5. The second-order valence-corrected chi connectivity index (χ2v) is 9.29. The number of amides is 3. The van der Waals surface area contributed by atoms with E-state index in [0.29, 0.717) is 11.7 Å². The van der Waals surface area contributed by atoms with Crippen LogP contribution in [0, 0.1) is 6.92 Å². The molecule has 31 heavy (non-hydrogen) atoms. The zero-order chi connectivity index (χ0) is 22.2. The topological polar surface area (TPSA) is 87.2 Å². The van der Waals surface area contributed by atoms with E-state index in [2.05, 4.69) is 27.8 Å². The molecule has 0 radical (unpaired) electrons. The number of carbonyl (C=O) groups excluding carboxylic acids is 2. The molecule has 1 aromatic heterocycles. The first-order valence-corrected chi connectivity index (χ1v) is 12.1. The molecule has 1 aliphatic rings. The monoisotopic (exact) mass is 443 g/mol. The fourth-order valence-corrected chi connectivity index (χ4v) is 4.58. The van der Waals surface area contributed by atoms with Gasteiger partial charge in [-0.2, -0.15) is 0 Å². The minimum absolute atomic E-state index is 0.0632. The maximum Gasteiger partial charge on any atom is 0.317 e. The predicted molar refractivity (Wildman–Crippen MR) is 125 cm³/mol. The van der Waals surface area contributed by atoms with Crippen LogP contribution in [0.3, 0.4) is 0 Å². The summed E-state index contributed by atoms with van der Waals surface area (Å²) in [4.78, 5) is 27.1. The fraction of sp³-hybridized carbons (Fsp3) is 0.565. The highest BCUT2D eigenvalue weighted by molar-refractivity contribution is 7.18. The molecule has 0 bridgehead atoms. The summed E-state index contributed by atoms with van der Waals surface area (Å²) in [5.41, 5.74) is 2.13. The van der Waals surface area contributed by atoms with Gasteiger partial charge in [-0.1, -0.05) is 61.3 Å². The highest BCUT2D eigenvalue weighted by atomic mass is 32.1.